The Bertz CT molecular complexity index is 2430. The van der Waals surface area contributed by atoms with Gasteiger partial charge in [0.15, 0.2) is 0 Å². The molecule has 4 heterocycles. The number of nitrogens with zero attached hydrogens (tertiary/aromatic N) is 2. The van der Waals surface area contributed by atoms with Gasteiger partial charge < -0.3 is 44.0 Å². The Kier molecular flexibility index (Phi) is 12.9. The number of ether oxygens (including phenoxy) is 4. The van der Waals surface area contributed by atoms with E-state index in [4.69, 9.17) is 18.9 Å². The lowest BCUT2D eigenvalue weighted by molar-refractivity contribution is -0.137. The molecule has 59 heavy (non-hydrogen) atoms. The van der Waals surface area contributed by atoms with Gasteiger partial charge in [0, 0.05) is 66.1 Å². The average molecular weight is 805 g/mol. The summed E-state index contributed by atoms with van der Waals surface area (Å²) in [4.78, 5) is 80.2. The number of fused-ring (bicyclic) bond motifs is 2. The maximum Gasteiger partial charge on any atom is 0.274 e. The first-order chi connectivity index (χ1) is 28.7. The zero-order valence-electron chi connectivity index (χ0n) is 32.4. The van der Waals surface area contributed by atoms with E-state index >= 15 is 0 Å². The summed E-state index contributed by atoms with van der Waals surface area (Å²) in [5, 5.41) is 8.53. The van der Waals surface area contributed by atoms with Crippen LogP contribution in [0.4, 0.5) is 5.69 Å². The first-order valence-electron chi connectivity index (χ1n) is 19.3. The molecular weight excluding hydrogens is 761 g/mol. The minimum atomic E-state index is -0.741. The van der Waals surface area contributed by atoms with Crippen molar-refractivity contribution in [3.63, 3.8) is 0 Å². The van der Waals surface area contributed by atoms with E-state index < -0.39 is 11.9 Å². The molecular formula is C43H44N6O10. The van der Waals surface area contributed by atoms with Gasteiger partial charge in [-0.05, 0) is 42.8 Å². The Morgan fingerprint density at radius 1 is 0.814 bits per heavy atom. The van der Waals surface area contributed by atoms with Crippen LogP contribution in [-0.4, -0.2) is 96.2 Å². The predicted molar refractivity (Wildman–Crippen MR) is 216 cm³/mol. The van der Waals surface area contributed by atoms with Crippen molar-refractivity contribution in [1.82, 2.24) is 25.1 Å². The fourth-order valence-electron chi connectivity index (χ4n) is 7.02. The van der Waals surface area contributed by atoms with Gasteiger partial charge in [-0.2, -0.15) is 0 Å². The highest BCUT2D eigenvalue weighted by Gasteiger charge is 2.40. The second kappa shape index (κ2) is 18.8. The highest BCUT2D eigenvalue weighted by atomic mass is 16.5. The van der Waals surface area contributed by atoms with Crippen LogP contribution in [0, 0.1) is 0 Å². The zero-order chi connectivity index (χ0) is 41.3. The molecule has 7 rings (SSSR count). The standard InChI is InChI=1S/C43H44N6O10/c1-48-25-31(28-10-5-6-13-36(28)59-27-8-3-2-4-9-27)30-24-34(46-39(30)43(48)55)40(52)44-17-19-57-21-23-58-22-20-56-18-16-38(51)45-33-12-7-11-29-32(33)26-49(42(29)54)35-14-15-37(50)47-41(35)53/h2-13,24-25,35,46H,14-23,26H2,1H3,(H,44,52)(H,45,51)(H,47,50,53). The van der Waals surface area contributed by atoms with E-state index in [1.165, 1.54) is 9.47 Å². The molecule has 1 fully saturated rings. The van der Waals surface area contributed by atoms with Crippen LogP contribution in [0.15, 0.2) is 89.9 Å². The number of amides is 5. The molecule has 0 spiro atoms. The number of pyridine rings is 1. The molecule has 0 radical (unpaired) electrons. The predicted octanol–water partition coefficient (Wildman–Crippen LogP) is 3.90. The van der Waals surface area contributed by atoms with Crippen LogP contribution >= 0.6 is 0 Å². The number of piperidine rings is 1. The maximum absolute atomic E-state index is 13.1. The van der Waals surface area contributed by atoms with Gasteiger partial charge in [0.1, 0.15) is 28.8 Å². The number of carbonyl (C=O) groups is 5. The summed E-state index contributed by atoms with van der Waals surface area (Å²) in [7, 11) is 1.66. The smallest absolute Gasteiger partial charge is 0.274 e. The Morgan fingerprint density at radius 3 is 2.31 bits per heavy atom. The van der Waals surface area contributed by atoms with Gasteiger partial charge in [0.25, 0.3) is 17.4 Å². The highest BCUT2D eigenvalue weighted by Crippen LogP contribution is 2.37. The van der Waals surface area contributed by atoms with Crippen molar-refractivity contribution < 1.29 is 42.9 Å². The van der Waals surface area contributed by atoms with Crippen LogP contribution in [0.2, 0.25) is 0 Å². The summed E-state index contributed by atoms with van der Waals surface area (Å²) in [6.07, 6.45) is 2.23. The number of hydrogen-bond acceptors (Lipinski definition) is 10. The molecule has 5 aromatic rings. The van der Waals surface area contributed by atoms with Gasteiger partial charge in [0.2, 0.25) is 17.7 Å². The van der Waals surface area contributed by atoms with Crippen molar-refractivity contribution in [3.05, 3.63) is 112 Å². The van der Waals surface area contributed by atoms with E-state index in [1.807, 2.05) is 54.6 Å². The van der Waals surface area contributed by atoms with Gasteiger partial charge in [-0.15, -0.1) is 0 Å². The third-order valence-electron chi connectivity index (χ3n) is 9.96. The van der Waals surface area contributed by atoms with Crippen molar-refractivity contribution >= 4 is 46.1 Å². The normalized spacial score (nSPS) is 15.0. The van der Waals surface area contributed by atoms with Crippen molar-refractivity contribution in [2.24, 2.45) is 7.05 Å². The zero-order valence-corrected chi connectivity index (χ0v) is 32.4. The van der Waals surface area contributed by atoms with Crippen molar-refractivity contribution in [2.45, 2.75) is 31.8 Å². The van der Waals surface area contributed by atoms with E-state index in [0.717, 1.165) is 11.1 Å². The average Bonchev–Trinajstić information content (AvgIpc) is 3.83. The number of carbonyl (C=O) groups excluding carboxylic acids is 5. The van der Waals surface area contributed by atoms with E-state index in [2.05, 4.69) is 20.9 Å². The van der Waals surface area contributed by atoms with Crippen LogP contribution < -0.4 is 26.2 Å². The SMILES string of the molecule is Cn1cc(-c2ccccc2Oc2ccccc2)c2cc(C(=O)NCCOCCOCCOCCC(=O)Nc3cccc4c3CN(C3CCC(=O)NC3=O)C4=O)[nH]c2c1=O. The quantitative estimate of drug-likeness (QED) is 0.0745. The molecule has 4 N–H and O–H groups in total. The maximum atomic E-state index is 13.1. The number of imide groups is 1. The summed E-state index contributed by atoms with van der Waals surface area (Å²) in [5.74, 6) is -0.556. The third kappa shape index (κ3) is 9.58. The molecule has 2 aliphatic heterocycles. The monoisotopic (exact) mass is 804 g/mol. The lowest BCUT2D eigenvalue weighted by Gasteiger charge is -2.29. The number of para-hydroxylation sites is 2. The Labute approximate surface area is 338 Å². The number of aromatic amines is 1. The molecule has 2 aromatic heterocycles. The molecule has 16 heteroatoms. The first-order valence-corrected chi connectivity index (χ1v) is 19.3. The van der Waals surface area contributed by atoms with E-state index in [-0.39, 0.29) is 93.7 Å². The largest absolute Gasteiger partial charge is 0.457 e. The summed E-state index contributed by atoms with van der Waals surface area (Å²) in [5.41, 5.74) is 3.31. The molecule has 16 nitrogen and oxygen atoms in total. The molecule has 3 aromatic carbocycles. The number of H-pyrrole nitrogens is 1. The van der Waals surface area contributed by atoms with Crippen LogP contribution in [0.25, 0.3) is 22.0 Å². The molecule has 0 bridgehead atoms. The van der Waals surface area contributed by atoms with Gasteiger partial charge >= 0.3 is 0 Å². The fourth-order valence-corrected chi connectivity index (χ4v) is 7.02. The second-order valence-electron chi connectivity index (χ2n) is 14.0. The molecule has 306 valence electrons. The van der Waals surface area contributed by atoms with Crippen LogP contribution in [0.3, 0.4) is 0 Å². The van der Waals surface area contributed by atoms with Gasteiger partial charge in [-0.1, -0.05) is 42.5 Å². The molecule has 1 atom stereocenters. The number of benzene rings is 3. The first kappa shape index (κ1) is 40.6. The summed E-state index contributed by atoms with van der Waals surface area (Å²) in [6.45, 7) is 1.93. The van der Waals surface area contributed by atoms with Crippen molar-refractivity contribution in [1.29, 1.82) is 0 Å². The lowest BCUT2D eigenvalue weighted by atomic mass is 10.0. The van der Waals surface area contributed by atoms with E-state index in [0.29, 0.717) is 52.4 Å². The summed E-state index contributed by atoms with van der Waals surface area (Å²) in [6, 6.07) is 22.9. The second-order valence-corrected chi connectivity index (χ2v) is 14.0. The van der Waals surface area contributed by atoms with Crippen molar-refractivity contribution in [3.8, 4) is 22.6 Å². The minimum absolute atomic E-state index is 0.0807. The number of anilines is 1. The number of rotatable bonds is 18. The summed E-state index contributed by atoms with van der Waals surface area (Å²) >= 11 is 0. The molecule has 5 amide bonds. The molecule has 0 saturated carbocycles. The number of aromatic nitrogens is 2. The fraction of sp³-hybridized carbons (Fsp3) is 0.302. The Morgan fingerprint density at radius 2 is 1.53 bits per heavy atom. The van der Waals surface area contributed by atoms with Crippen molar-refractivity contribution in [2.75, 3.05) is 51.5 Å². The minimum Gasteiger partial charge on any atom is -0.457 e. The lowest BCUT2D eigenvalue weighted by Crippen LogP contribution is -2.52. The Balaban J connectivity index is 0.785. The number of nitrogens with one attached hydrogen (secondary N) is 4. The third-order valence-corrected chi connectivity index (χ3v) is 9.96. The highest BCUT2D eigenvalue weighted by molar-refractivity contribution is 6.07. The molecule has 0 aliphatic carbocycles. The molecule has 2 aliphatic rings. The van der Waals surface area contributed by atoms with Crippen LogP contribution in [-0.2, 0) is 42.2 Å². The Hall–Kier alpha value is -6.62. The van der Waals surface area contributed by atoms with Gasteiger partial charge in [-0.25, -0.2) is 0 Å². The van der Waals surface area contributed by atoms with Gasteiger partial charge in [0.05, 0.1) is 46.1 Å². The number of hydrogen-bond donors (Lipinski definition) is 4. The van der Waals surface area contributed by atoms with Gasteiger partial charge in [-0.3, -0.25) is 34.1 Å². The van der Waals surface area contributed by atoms with Crippen LogP contribution in [0.5, 0.6) is 11.5 Å². The molecule has 1 saturated heterocycles. The van der Waals surface area contributed by atoms with E-state index in [9.17, 15) is 28.8 Å². The van der Waals surface area contributed by atoms with E-state index in [1.54, 1.807) is 37.5 Å². The number of aryl methyl sites for hydroxylation is 1. The topological polar surface area (TPSA) is 199 Å². The molecule has 1 unspecified atom stereocenters. The summed E-state index contributed by atoms with van der Waals surface area (Å²) < 4.78 is 24.3. The van der Waals surface area contributed by atoms with Crippen LogP contribution in [0.1, 0.15) is 45.7 Å².